The molecule has 0 bridgehead atoms. The van der Waals surface area contributed by atoms with Crippen molar-refractivity contribution < 1.29 is 4.79 Å². The van der Waals surface area contributed by atoms with E-state index in [4.69, 9.17) is 0 Å². The average molecular weight is 257 g/mol. The van der Waals surface area contributed by atoms with E-state index >= 15 is 0 Å². The summed E-state index contributed by atoms with van der Waals surface area (Å²) < 4.78 is 2.48. The minimum Gasteiger partial charge on any atom is -0.401 e. The molecule has 4 heteroatoms. The summed E-state index contributed by atoms with van der Waals surface area (Å²) in [5.74, 6) is 0. The van der Waals surface area contributed by atoms with Crippen LogP contribution in [0, 0.1) is 0 Å². The molecule has 0 unspecified atom stereocenters. The van der Waals surface area contributed by atoms with Gasteiger partial charge in [0.25, 0.3) is 0 Å². The minimum absolute atomic E-state index is 0.0219. The van der Waals surface area contributed by atoms with Crippen LogP contribution in [0.25, 0.3) is 0 Å². The van der Waals surface area contributed by atoms with Crippen LogP contribution in [0.2, 0.25) is 19.6 Å². The first kappa shape index (κ1) is 13.8. The molecule has 0 aromatic carbocycles. The first-order valence-electron chi connectivity index (χ1n) is 6.11. The molecule has 0 fully saturated rings. The molecule has 2 nitrogen and oxygen atoms in total. The highest BCUT2D eigenvalue weighted by molar-refractivity contribution is 7.97. The van der Waals surface area contributed by atoms with Gasteiger partial charge in [-0.3, -0.25) is 4.79 Å². The van der Waals surface area contributed by atoms with Crippen LogP contribution in [0.5, 0.6) is 0 Å². The molecular weight excluding hydrogens is 234 g/mol. The molecule has 1 aliphatic rings. The summed E-state index contributed by atoms with van der Waals surface area (Å²) in [6.07, 6.45) is 4.31. The van der Waals surface area contributed by atoms with E-state index in [1.165, 1.54) is 12.1 Å². The largest absolute Gasteiger partial charge is 0.401 e. The van der Waals surface area contributed by atoms with Gasteiger partial charge in [0, 0.05) is 17.8 Å². The number of thiol groups is 1. The summed E-state index contributed by atoms with van der Waals surface area (Å²) in [4.78, 5) is 11.6. The highest BCUT2D eigenvalue weighted by atomic mass is 32.1. The monoisotopic (exact) mass is 257 g/mol. The van der Waals surface area contributed by atoms with Gasteiger partial charge >= 0.3 is 0 Å². The average Bonchev–Trinajstić information content (AvgIpc) is 2.17. The zero-order valence-electron chi connectivity index (χ0n) is 10.8. The zero-order chi connectivity index (χ0) is 12.3. The predicted octanol–water partition coefficient (Wildman–Crippen LogP) is 3.43. The number of allylic oxidation sites excluding steroid dienone is 1. The Labute approximate surface area is 106 Å². The molecule has 0 spiro atoms. The summed E-state index contributed by atoms with van der Waals surface area (Å²) in [6, 6.07) is 0. The maximum atomic E-state index is 11.6. The molecule has 16 heavy (non-hydrogen) atoms. The molecule has 0 aromatic heterocycles. The minimum atomic E-state index is -1.37. The van der Waals surface area contributed by atoms with Crippen LogP contribution in [-0.2, 0) is 4.79 Å². The summed E-state index contributed by atoms with van der Waals surface area (Å²) in [7, 11) is -1.37. The lowest BCUT2D eigenvalue weighted by atomic mass is 9.97. The zero-order valence-corrected chi connectivity index (χ0v) is 12.7. The Morgan fingerprint density at radius 3 is 2.31 bits per heavy atom. The summed E-state index contributed by atoms with van der Waals surface area (Å²) in [5.41, 5.74) is 2.26. The van der Waals surface area contributed by atoms with Gasteiger partial charge in [-0.25, -0.2) is 0 Å². The van der Waals surface area contributed by atoms with Crippen LogP contribution in [0.3, 0.4) is 0 Å². The maximum Gasteiger partial charge on any atom is 0.214 e. The third-order valence-corrected chi connectivity index (χ3v) is 5.62. The van der Waals surface area contributed by atoms with E-state index in [0.717, 1.165) is 31.4 Å². The van der Waals surface area contributed by atoms with Crippen molar-refractivity contribution in [2.45, 2.75) is 52.2 Å². The molecule has 0 saturated heterocycles. The van der Waals surface area contributed by atoms with Gasteiger partial charge in [0.05, 0.1) is 0 Å². The van der Waals surface area contributed by atoms with Crippen LogP contribution in [-0.4, -0.2) is 24.5 Å². The summed E-state index contributed by atoms with van der Waals surface area (Å²) in [6.45, 7) is 10.2. The van der Waals surface area contributed by atoms with Crippen LogP contribution >= 0.6 is 12.6 Å². The number of hydrogen-bond acceptors (Lipinski definition) is 2. The molecule has 0 heterocycles. The lowest BCUT2D eigenvalue weighted by Gasteiger charge is -2.40. The number of carbonyl (C=O) groups is 1. The molecule has 1 rings (SSSR count). The molecule has 0 radical (unpaired) electrons. The van der Waals surface area contributed by atoms with Gasteiger partial charge in [0.15, 0.2) is 0 Å². The summed E-state index contributed by atoms with van der Waals surface area (Å²) >= 11 is 4.02. The normalized spacial score (nSPS) is 17.6. The smallest absolute Gasteiger partial charge is 0.214 e. The SMILES string of the molecule is CCN(C1=C(C(=O)S)CCCC1)[Si](C)(C)C. The van der Waals surface area contributed by atoms with Gasteiger partial charge in [-0.1, -0.05) is 19.6 Å². The molecular formula is C12H23NOSSi. The van der Waals surface area contributed by atoms with E-state index in [1.807, 2.05) is 0 Å². The number of rotatable bonds is 4. The summed E-state index contributed by atoms with van der Waals surface area (Å²) in [5, 5.41) is -0.0219. The lowest BCUT2D eigenvalue weighted by molar-refractivity contribution is -0.108. The van der Waals surface area contributed by atoms with Gasteiger partial charge in [0.1, 0.15) is 8.24 Å². The number of carbonyl (C=O) groups excluding carboxylic acids is 1. The first-order valence-corrected chi connectivity index (χ1v) is 10.00. The second-order valence-corrected chi connectivity index (χ2v) is 10.6. The highest BCUT2D eigenvalue weighted by Crippen LogP contribution is 2.31. The van der Waals surface area contributed by atoms with Crippen LogP contribution in [0.15, 0.2) is 11.3 Å². The van der Waals surface area contributed by atoms with Gasteiger partial charge in [0.2, 0.25) is 5.12 Å². The van der Waals surface area contributed by atoms with E-state index in [9.17, 15) is 4.79 Å². The molecule has 0 amide bonds. The predicted molar refractivity (Wildman–Crippen MR) is 75.2 cm³/mol. The molecule has 0 aromatic rings. The quantitative estimate of drug-likeness (QED) is 0.615. The Balaban J connectivity index is 3.09. The van der Waals surface area contributed by atoms with E-state index in [1.54, 1.807) is 0 Å². The third-order valence-electron chi connectivity index (χ3n) is 3.15. The standard InChI is InChI=1S/C12H23NOSSi/c1-5-13(16(2,3)4)11-9-7-6-8-10(11)12(14)15/h5-9H2,1-4H3,(H,14,15). The molecule has 0 aliphatic heterocycles. The second-order valence-electron chi connectivity index (χ2n) is 5.35. The molecule has 0 saturated carbocycles. The fourth-order valence-corrected chi connectivity index (χ4v) is 4.73. The molecule has 0 atom stereocenters. The van der Waals surface area contributed by atoms with Crippen molar-refractivity contribution in [3.8, 4) is 0 Å². The van der Waals surface area contributed by atoms with Crippen molar-refractivity contribution in [2.24, 2.45) is 0 Å². The van der Waals surface area contributed by atoms with Crippen molar-refractivity contribution in [3.63, 3.8) is 0 Å². The Hall–Kier alpha value is -0.223. The highest BCUT2D eigenvalue weighted by Gasteiger charge is 2.28. The molecule has 0 N–H and O–H groups in total. The molecule has 92 valence electrons. The first-order chi connectivity index (χ1) is 7.38. The van der Waals surface area contributed by atoms with Crippen LogP contribution in [0.1, 0.15) is 32.6 Å². The van der Waals surface area contributed by atoms with Crippen LogP contribution in [0.4, 0.5) is 0 Å². The topological polar surface area (TPSA) is 20.3 Å². The van der Waals surface area contributed by atoms with Crippen molar-refractivity contribution in [1.29, 1.82) is 0 Å². The Kier molecular flexibility index (Phi) is 4.68. The van der Waals surface area contributed by atoms with Gasteiger partial charge in [-0.2, -0.15) is 0 Å². The molecule has 1 aliphatic carbocycles. The van der Waals surface area contributed by atoms with Gasteiger partial charge in [-0.05, 0) is 32.6 Å². The van der Waals surface area contributed by atoms with E-state index in [2.05, 4.69) is 43.8 Å². The third kappa shape index (κ3) is 3.14. The number of nitrogens with zero attached hydrogens (tertiary/aromatic N) is 1. The van der Waals surface area contributed by atoms with Crippen LogP contribution < -0.4 is 0 Å². The van der Waals surface area contributed by atoms with Crippen molar-refractivity contribution in [3.05, 3.63) is 11.3 Å². The van der Waals surface area contributed by atoms with Gasteiger partial charge < -0.3 is 4.57 Å². The van der Waals surface area contributed by atoms with Crippen molar-refractivity contribution >= 4 is 26.0 Å². The maximum absolute atomic E-state index is 11.6. The van der Waals surface area contributed by atoms with Crippen molar-refractivity contribution in [2.75, 3.05) is 6.54 Å². The van der Waals surface area contributed by atoms with E-state index in [0.29, 0.717) is 0 Å². The fraction of sp³-hybridized carbons (Fsp3) is 0.750. The van der Waals surface area contributed by atoms with Crippen molar-refractivity contribution in [1.82, 2.24) is 4.57 Å². The Morgan fingerprint density at radius 1 is 1.31 bits per heavy atom. The number of hydrogen-bond donors (Lipinski definition) is 1. The van der Waals surface area contributed by atoms with Gasteiger partial charge in [-0.15, -0.1) is 12.6 Å². The lowest BCUT2D eigenvalue weighted by Crippen LogP contribution is -2.46. The fourth-order valence-electron chi connectivity index (χ4n) is 2.49. The van der Waals surface area contributed by atoms with E-state index < -0.39 is 8.24 Å². The Bertz CT molecular complexity index is 307. The second kappa shape index (κ2) is 5.41. The Morgan fingerprint density at radius 2 is 1.88 bits per heavy atom. The van der Waals surface area contributed by atoms with E-state index in [-0.39, 0.29) is 5.12 Å².